The van der Waals surface area contributed by atoms with Crippen molar-refractivity contribution in [3.8, 4) is 5.75 Å². The molecule has 19 heavy (non-hydrogen) atoms. The molecule has 1 atom stereocenters. The fourth-order valence-electron chi connectivity index (χ4n) is 1.53. The molecule has 0 saturated heterocycles. The number of rotatable bonds is 6. The number of benzene rings is 1. The molecule has 5 heteroatoms. The van der Waals surface area contributed by atoms with E-state index in [9.17, 15) is 4.79 Å². The maximum Gasteiger partial charge on any atom is 0.242 e. The zero-order valence-electron chi connectivity index (χ0n) is 11.8. The molecule has 0 aliphatic carbocycles. The zero-order valence-corrected chi connectivity index (χ0v) is 12.5. The molecule has 2 N–H and O–H groups in total. The molecule has 1 aromatic carbocycles. The Kier molecular flexibility index (Phi) is 5.96. The molecular weight excluding hydrogens is 264 g/mol. The molecule has 4 nitrogen and oxygen atoms in total. The Hall–Kier alpha value is -1.42. The van der Waals surface area contributed by atoms with E-state index < -0.39 is 0 Å². The first-order chi connectivity index (χ1) is 8.93. The molecule has 0 radical (unpaired) electrons. The number of methoxy groups -OCH3 is 1. The van der Waals surface area contributed by atoms with E-state index in [-0.39, 0.29) is 11.9 Å². The van der Waals surface area contributed by atoms with E-state index in [1.54, 1.807) is 19.2 Å². The first-order valence-corrected chi connectivity index (χ1v) is 6.69. The maximum absolute atomic E-state index is 11.8. The van der Waals surface area contributed by atoms with Crippen LogP contribution in [0.1, 0.15) is 20.8 Å². The van der Waals surface area contributed by atoms with Gasteiger partial charge in [0.1, 0.15) is 11.8 Å². The molecular formula is C14H21ClN2O2. The highest BCUT2D eigenvalue weighted by atomic mass is 35.5. The summed E-state index contributed by atoms with van der Waals surface area (Å²) >= 11 is 6.03. The average Bonchev–Trinajstić information content (AvgIpc) is 2.36. The van der Waals surface area contributed by atoms with Crippen molar-refractivity contribution >= 4 is 23.2 Å². The third-order valence-corrected chi connectivity index (χ3v) is 2.91. The second-order valence-electron chi connectivity index (χ2n) is 4.85. The predicted octanol–water partition coefficient (Wildman–Crippen LogP) is 2.92. The van der Waals surface area contributed by atoms with E-state index in [4.69, 9.17) is 16.3 Å². The summed E-state index contributed by atoms with van der Waals surface area (Å²) < 4.78 is 5.08. The summed E-state index contributed by atoms with van der Waals surface area (Å²) in [6.07, 6.45) is 0. The minimum absolute atomic E-state index is 0.0272. The van der Waals surface area contributed by atoms with Gasteiger partial charge in [0, 0.05) is 12.2 Å². The molecule has 0 fully saturated rings. The molecule has 0 bridgehead atoms. The molecule has 0 aromatic heterocycles. The van der Waals surface area contributed by atoms with Crippen molar-refractivity contribution in [2.45, 2.75) is 26.8 Å². The molecule has 0 saturated carbocycles. The van der Waals surface area contributed by atoms with Crippen LogP contribution in [0.15, 0.2) is 18.2 Å². The van der Waals surface area contributed by atoms with Gasteiger partial charge in [-0.05, 0) is 31.0 Å². The van der Waals surface area contributed by atoms with Crippen LogP contribution in [0.5, 0.6) is 5.75 Å². The molecule has 0 spiro atoms. The molecule has 1 amide bonds. The summed E-state index contributed by atoms with van der Waals surface area (Å²) in [7, 11) is 1.57. The van der Waals surface area contributed by atoms with Crippen molar-refractivity contribution in [2.75, 3.05) is 19.0 Å². The molecule has 106 valence electrons. The number of hydrogen-bond acceptors (Lipinski definition) is 3. The monoisotopic (exact) mass is 284 g/mol. The Bertz CT molecular complexity index is 435. The van der Waals surface area contributed by atoms with Crippen LogP contribution in [0.3, 0.4) is 0 Å². The minimum atomic E-state index is -0.316. The number of hydrogen-bond donors (Lipinski definition) is 2. The maximum atomic E-state index is 11.8. The highest BCUT2D eigenvalue weighted by Crippen LogP contribution is 2.27. The Morgan fingerprint density at radius 3 is 2.58 bits per heavy atom. The summed E-state index contributed by atoms with van der Waals surface area (Å²) in [4.78, 5) is 11.8. The quantitative estimate of drug-likeness (QED) is 0.844. The van der Waals surface area contributed by atoms with Crippen LogP contribution in [0, 0.1) is 5.92 Å². The molecule has 0 aliphatic heterocycles. The van der Waals surface area contributed by atoms with Gasteiger partial charge in [-0.25, -0.2) is 0 Å². The Morgan fingerprint density at radius 1 is 1.37 bits per heavy atom. The molecule has 1 unspecified atom stereocenters. The number of ether oxygens (including phenoxy) is 1. The second kappa shape index (κ2) is 7.24. The van der Waals surface area contributed by atoms with Gasteiger partial charge in [0.25, 0.3) is 0 Å². The van der Waals surface area contributed by atoms with Gasteiger partial charge in [-0.15, -0.1) is 0 Å². The first-order valence-electron chi connectivity index (χ1n) is 6.31. The van der Waals surface area contributed by atoms with Crippen LogP contribution in [0.2, 0.25) is 5.02 Å². The van der Waals surface area contributed by atoms with Crippen LogP contribution in [-0.2, 0) is 4.79 Å². The summed E-state index contributed by atoms with van der Waals surface area (Å²) in [6, 6.07) is 5.02. The van der Waals surface area contributed by atoms with Gasteiger partial charge in [-0.2, -0.15) is 0 Å². The lowest BCUT2D eigenvalue weighted by Crippen LogP contribution is -2.39. The lowest BCUT2D eigenvalue weighted by molar-refractivity contribution is -0.121. The van der Waals surface area contributed by atoms with Crippen molar-refractivity contribution in [1.29, 1.82) is 0 Å². The molecule has 1 aromatic rings. The number of carbonyl (C=O) groups is 1. The van der Waals surface area contributed by atoms with Crippen LogP contribution in [-0.4, -0.2) is 25.6 Å². The average molecular weight is 285 g/mol. The first kappa shape index (κ1) is 15.6. The van der Waals surface area contributed by atoms with Crippen molar-refractivity contribution in [1.82, 2.24) is 5.32 Å². The normalized spacial score (nSPS) is 12.1. The number of anilines is 1. The fourth-order valence-corrected chi connectivity index (χ4v) is 1.79. The van der Waals surface area contributed by atoms with E-state index in [0.29, 0.717) is 23.2 Å². The Morgan fingerprint density at radius 2 is 2.05 bits per heavy atom. The van der Waals surface area contributed by atoms with E-state index in [1.807, 2.05) is 13.0 Å². The van der Waals surface area contributed by atoms with Gasteiger partial charge >= 0.3 is 0 Å². The zero-order chi connectivity index (χ0) is 14.4. The predicted molar refractivity (Wildman–Crippen MR) is 78.9 cm³/mol. The van der Waals surface area contributed by atoms with Crippen LogP contribution in [0.4, 0.5) is 5.69 Å². The van der Waals surface area contributed by atoms with Gasteiger partial charge in [-0.1, -0.05) is 25.4 Å². The van der Waals surface area contributed by atoms with Crippen molar-refractivity contribution in [3.05, 3.63) is 23.2 Å². The third kappa shape index (κ3) is 4.99. The van der Waals surface area contributed by atoms with Crippen molar-refractivity contribution in [2.24, 2.45) is 5.92 Å². The minimum Gasteiger partial charge on any atom is -0.495 e. The lowest BCUT2D eigenvalue weighted by Gasteiger charge is -2.16. The largest absolute Gasteiger partial charge is 0.495 e. The van der Waals surface area contributed by atoms with Crippen molar-refractivity contribution < 1.29 is 9.53 Å². The smallest absolute Gasteiger partial charge is 0.242 e. The number of amides is 1. The highest BCUT2D eigenvalue weighted by molar-refractivity contribution is 6.32. The van der Waals surface area contributed by atoms with Gasteiger partial charge < -0.3 is 15.4 Å². The summed E-state index contributed by atoms with van der Waals surface area (Å²) in [5, 5.41) is 6.50. The van der Waals surface area contributed by atoms with Crippen LogP contribution < -0.4 is 15.4 Å². The molecule has 0 heterocycles. The topological polar surface area (TPSA) is 50.4 Å². The lowest BCUT2D eigenvalue weighted by atomic mass is 10.2. The van der Waals surface area contributed by atoms with Gasteiger partial charge in [0.15, 0.2) is 0 Å². The number of halogens is 1. The fraction of sp³-hybridized carbons (Fsp3) is 0.500. The van der Waals surface area contributed by atoms with Crippen molar-refractivity contribution in [3.63, 3.8) is 0 Å². The second-order valence-corrected chi connectivity index (χ2v) is 5.26. The number of nitrogens with one attached hydrogen (secondary N) is 2. The summed E-state index contributed by atoms with van der Waals surface area (Å²) in [5.41, 5.74) is 0.790. The molecule has 1 rings (SSSR count). The highest BCUT2D eigenvalue weighted by Gasteiger charge is 2.13. The van der Waals surface area contributed by atoms with Crippen LogP contribution >= 0.6 is 11.6 Å². The SMILES string of the molecule is COc1ccc(NC(C)C(=O)NCC(C)C)cc1Cl. The van der Waals surface area contributed by atoms with Gasteiger partial charge in [0.05, 0.1) is 12.1 Å². The van der Waals surface area contributed by atoms with Gasteiger partial charge in [0.2, 0.25) is 5.91 Å². The standard InChI is InChI=1S/C14H21ClN2O2/c1-9(2)8-16-14(18)10(3)17-11-5-6-13(19-4)12(15)7-11/h5-7,9-10,17H,8H2,1-4H3,(H,16,18). The van der Waals surface area contributed by atoms with E-state index in [0.717, 1.165) is 5.69 Å². The third-order valence-electron chi connectivity index (χ3n) is 2.61. The van der Waals surface area contributed by atoms with E-state index in [1.165, 1.54) is 0 Å². The molecule has 0 aliphatic rings. The summed E-state index contributed by atoms with van der Waals surface area (Å²) in [5.74, 6) is 1.02. The Balaban J connectivity index is 2.58. The number of carbonyl (C=O) groups excluding carboxylic acids is 1. The summed E-state index contributed by atoms with van der Waals surface area (Å²) in [6.45, 7) is 6.60. The van der Waals surface area contributed by atoms with Crippen LogP contribution in [0.25, 0.3) is 0 Å². The Labute approximate surface area is 119 Å². The van der Waals surface area contributed by atoms with E-state index >= 15 is 0 Å². The van der Waals surface area contributed by atoms with E-state index in [2.05, 4.69) is 24.5 Å². The van der Waals surface area contributed by atoms with Gasteiger partial charge in [-0.3, -0.25) is 4.79 Å².